The van der Waals surface area contributed by atoms with Gasteiger partial charge in [0.1, 0.15) is 5.41 Å². The lowest BCUT2D eigenvalue weighted by atomic mass is 10.1. The lowest BCUT2D eigenvalue weighted by Gasteiger charge is -2.12. The van der Waals surface area contributed by atoms with Crippen LogP contribution in [0.2, 0.25) is 0 Å². The summed E-state index contributed by atoms with van der Waals surface area (Å²) in [6, 6.07) is 6.21. The Hall–Kier alpha value is -2.57. The zero-order valence-corrected chi connectivity index (χ0v) is 12.5. The van der Waals surface area contributed by atoms with Gasteiger partial charge < -0.3 is 21.1 Å². The van der Waals surface area contributed by atoms with E-state index in [4.69, 9.17) is 5.11 Å². The fraction of sp³-hybridized carbons (Fsp3) is 0.400. The second kappa shape index (κ2) is 6.05. The first-order valence-electron chi connectivity index (χ1n) is 7.06. The van der Waals surface area contributed by atoms with Crippen LogP contribution in [0.3, 0.4) is 0 Å². The monoisotopic (exact) mass is 305 g/mol. The molecule has 0 atom stereocenters. The molecule has 1 fully saturated rings. The topological polar surface area (TPSA) is 108 Å². The van der Waals surface area contributed by atoms with Crippen molar-refractivity contribution in [3.05, 3.63) is 24.3 Å². The van der Waals surface area contributed by atoms with Crippen LogP contribution in [0, 0.1) is 5.41 Å². The maximum atomic E-state index is 12.0. The summed E-state index contributed by atoms with van der Waals surface area (Å²) in [5.41, 5.74) is -0.198. The summed E-state index contributed by atoms with van der Waals surface area (Å²) < 4.78 is 0. The second-order valence-corrected chi connectivity index (χ2v) is 5.67. The summed E-state index contributed by atoms with van der Waals surface area (Å²) >= 11 is 0. The molecule has 4 N–H and O–H groups in total. The van der Waals surface area contributed by atoms with E-state index in [9.17, 15) is 14.4 Å². The van der Waals surface area contributed by atoms with Gasteiger partial charge in [0.15, 0.2) is 0 Å². The smallest absolute Gasteiger partial charge is 0.319 e. The molecule has 0 spiro atoms. The highest BCUT2D eigenvalue weighted by Crippen LogP contribution is 2.46. The van der Waals surface area contributed by atoms with Crippen molar-refractivity contribution in [2.75, 3.05) is 10.6 Å². The van der Waals surface area contributed by atoms with Gasteiger partial charge in [-0.2, -0.15) is 0 Å². The van der Waals surface area contributed by atoms with Gasteiger partial charge in [0.2, 0.25) is 5.91 Å². The fourth-order valence-corrected chi connectivity index (χ4v) is 1.98. The molecule has 0 heterocycles. The number of amides is 3. The number of rotatable bonds is 5. The van der Waals surface area contributed by atoms with Gasteiger partial charge >= 0.3 is 12.0 Å². The van der Waals surface area contributed by atoms with Crippen LogP contribution in [0.4, 0.5) is 16.2 Å². The lowest BCUT2D eigenvalue weighted by Crippen LogP contribution is -2.34. The highest BCUT2D eigenvalue weighted by Gasteiger charge is 2.57. The third kappa shape index (κ3) is 3.55. The highest BCUT2D eigenvalue weighted by atomic mass is 16.4. The molecule has 1 aromatic carbocycles. The number of urea groups is 1. The number of carboxylic acids is 1. The van der Waals surface area contributed by atoms with E-state index in [2.05, 4.69) is 16.0 Å². The predicted molar refractivity (Wildman–Crippen MR) is 81.7 cm³/mol. The van der Waals surface area contributed by atoms with Crippen LogP contribution in [-0.4, -0.2) is 29.1 Å². The highest BCUT2D eigenvalue weighted by molar-refractivity contribution is 6.10. The van der Waals surface area contributed by atoms with E-state index in [1.165, 1.54) is 0 Å². The van der Waals surface area contributed by atoms with Crippen molar-refractivity contribution < 1.29 is 19.5 Å². The minimum atomic E-state index is -1.27. The molecule has 118 valence electrons. The summed E-state index contributed by atoms with van der Waals surface area (Å²) in [4.78, 5) is 34.6. The molecule has 1 aliphatic carbocycles. The number of hydrogen-bond acceptors (Lipinski definition) is 3. The molecular formula is C15H19N3O4. The number of carboxylic acid groups (broad SMARTS) is 1. The Morgan fingerprint density at radius 2 is 1.55 bits per heavy atom. The third-order valence-corrected chi connectivity index (χ3v) is 3.41. The van der Waals surface area contributed by atoms with Gasteiger partial charge in [-0.25, -0.2) is 4.79 Å². The minimum absolute atomic E-state index is 0.0318. The van der Waals surface area contributed by atoms with Crippen LogP contribution in [-0.2, 0) is 9.59 Å². The Morgan fingerprint density at radius 3 is 1.95 bits per heavy atom. The summed E-state index contributed by atoms with van der Waals surface area (Å²) in [7, 11) is 0. The summed E-state index contributed by atoms with van der Waals surface area (Å²) in [5.74, 6) is -1.59. The number of carbonyl (C=O) groups is 3. The molecular weight excluding hydrogens is 286 g/mol. The average molecular weight is 305 g/mol. The van der Waals surface area contributed by atoms with Crippen molar-refractivity contribution in [3.63, 3.8) is 0 Å². The van der Waals surface area contributed by atoms with E-state index in [1.807, 2.05) is 13.8 Å². The van der Waals surface area contributed by atoms with Crippen LogP contribution < -0.4 is 16.0 Å². The SMILES string of the molecule is CC(C)NC(=O)Nc1ccc(NC(=O)C2(C(=O)O)CC2)cc1. The number of benzene rings is 1. The largest absolute Gasteiger partial charge is 0.480 e. The number of aliphatic carboxylic acids is 1. The number of hydrogen-bond donors (Lipinski definition) is 4. The van der Waals surface area contributed by atoms with Crippen LogP contribution in [0.5, 0.6) is 0 Å². The molecule has 0 unspecified atom stereocenters. The first kappa shape index (κ1) is 15.8. The van der Waals surface area contributed by atoms with Crippen LogP contribution in [0.25, 0.3) is 0 Å². The first-order valence-corrected chi connectivity index (χ1v) is 7.06. The normalized spacial score (nSPS) is 15.0. The predicted octanol–water partition coefficient (Wildman–Crippen LogP) is 2.02. The van der Waals surface area contributed by atoms with E-state index in [0.29, 0.717) is 24.2 Å². The summed E-state index contributed by atoms with van der Waals surface area (Å²) in [6.45, 7) is 3.71. The van der Waals surface area contributed by atoms with Crippen molar-refractivity contribution in [3.8, 4) is 0 Å². The molecule has 1 aliphatic rings. The van der Waals surface area contributed by atoms with Crippen molar-refractivity contribution in [1.82, 2.24) is 5.32 Å². The third-order valence-electron chi connectivity index (χ3n) is 3.41. The Morgan fingerprint density at radius 1 is 1.05 bits per heavy atom. The molecule has 0 aliphatic heterocycles. The molecule has 3 amide bonds. The zero-order chi connectivity index (χ0) is 16.3. The quantitative estimate of drug-likeness (QED) is 0.624. The molecule has 7 heteroatoms. The van der Waals surface area contributed by atoms with Crippen molar-refractivity contribution in [2.24, 2.45) is 5.41 Å². The Balaban J connectivity index is 1.94. The van der Waals surface area contributed by atoms with Gasteiger partial charge in [-0.1, -0.05) is 0 Å². The van der Waals surface area contributed by atoms with Gasteiger partial charge in [0, 0.05) is 17.4 Å². The first-order chi connectivity index (χ1) is 10.3. The molecule has 0 radical (unpaired) electrons. The molecule has 0 saturated heterocycles. The van der Waals surface area contributed by atoms with E-state index in [1.54, 1.807) is 24.3 Å². The Kier molecular flexibility index (Phi) is 4.35. The average Bonchev–Trinajstić information content (AvgIpc) is 3.21. The fourth-order valence-electron chi connectivity index (χ4n) is 1.98. The van der Waals surface area contributed by atoms with Gasteiger partial charge in [0.05, 0.1) is 0 Å². The van der Waals surface area contributed by atoms with E-state index in [-0.39, 0.29) is 12.1 Å². The summed E-state index contributed by atoms with van der Waals surface area (Å²) in [5, 5.41) is 17.0. The van der Waals surface area contributed by atoms with Crippen molar-refractivity contribution in [1.29, 1.82) is 0 Å². The van der Waals surface area contributed by atoms with Gasteiger partial charge in [-0.05, 0) is 51.0 Å². The second-order valence-electron chi connectivity index (χ2n) is 5.67. The molecule has 0 bridgehead atoms. The molecule has 1 saturated carbocycles. The van der Waals surface area contributed by atoms with Crippen molar-refractivity contribution in [2.45, 2.75) is 32.7 Å². The zero-order valence-electron chi connectivity index (χ0n) is 12.5. The van der Waals surface area contributed by atoms with Crippen LogP contribution >= 0.6 is 0 Å². The van der Waals surface area contributed by atoms with Crippen molar-refractivity contribution >= 4 is 29.3 Å². The number of nitrogens with one attached hydrogen (secondary N) is 3. The Bertz CT molecular complexity index is 591. The molecule has 1 aromatic rings. The lowest BCUT2D eigenvalue weighted by molar-refractivity contribution is -0.147. The van der Waals surface area contributed by atoms with Gasteiger partial charge in [0.25, 0.3) is 0 Å². The van der Waals surface area contributed by atoms with E-state index in [0.717, 1.165) is 0 Å². The Labute approximate surface area is 128 Å². The number of carbonyl (C=O) groups excluding carboxylic acids is 2. The molecule has 7 nitrogen and oxygen atoms in total. The molecule has 22 heavy (non-hydrogen) atoms. The summed E-state index contributed by atoms with van der Waals surface area (Å²) in [6.07, 6.45) is 0.729. The van der Waals surface area contributed by atoms with Gasteiger partial charge in [-0.15, -0.1) is 0 Å². The van der Waals surface area contributed by atoms with E-state index >= 15 is 0 Å². The maximum absolute atomic E-state index is 12.0. The maximum Gasteiger partial charge on any atom is 0.319 e. The molecule has 2 rings (SSSR count). The van der Waals surface area contributed by atoms with Crippen LogP contribution in [0.1, 0.15) is 26.7 Å². The standard InChI is InChI=1S/C15H19N3O4/c1-9(2)16-14(22)18-11-5-3-10(4-6-11)17-12(19)15(7-8-15)13(20)21/h3-6,9H,7-8H2,1-2H3,(H,17,19)(H,20,21)(H2,16,18,22). The minimum Gasteiger partial charge on any atom is -0.480 e. The molecule has 0 aromatic heterocycles. The van der Waals surface area contributed by atoms with Crippen LogP contribution in [0.15, 0.2) is 24.3 Å². The number of anilines is 2. The van der Waals surface area contributed by atoms with Gasteiger partial charge in [-0.3, -0.25) is 9.59 Å². The van der Waals surface area contributed by atoms with E-state index < -0.39 is 17.3 Å².